The van der Waals surface area contributed by atoms with Gasteiger partial charge in [0.15, 0.2) is 5.65 Å². The van der Waals surface area contributed by atoms with Gasteiger partial charge in [-0.05, 0) is 31.9 Å². The predicted molar refractivity (Wildman–Crippen MR) is 80.8 cm³/mol. The molecular formula is C15H17N5. The van der Waals surface area contributed by atoms with Crippen LogP contribution in [0.15, 0.2) is 24.4 Å². The van der Waals surface area contributed by atoms with E-state index in [1.54, 1.807) is 6.20 Å². The summed E-state index contributed by atoms with van der Waals surface area (Å²) >= 11 is 0. The van der Waals surface area contributed by atoms with E-state index in [4.69, 9.17) is 0 Å². The summed E-state index contributed by atoms with van der Waals surface area (Å²) in [6.07, 6.45) is 1.78. The van der Waals surface area contributed by atoms with Gasteiger partial charge in [-0.2, -0.15) is 10.1 Å². The third-order valence-electron chi connectivity index (χ3n) is 3.50. The average Bonchev–Trinajstić information content (AvgIpc) is 2.90. The van der Waals surface area contributed by atoms with Crippen LogP contribution in [-0.4, -0.2) is 26.7 Å². The first-order chi connectivity index (χ1) is 9.70. The van der Waals surface area contributed by atoms with Crippen molar-refractivity contribution in [1.82, 2.24) is 20.2 Å². The first kappa shape index (κ1) is 12.6. The minimum atomic E-state index is 0.625. The first-order valence-corrected chi connectivity index (χ1v) is 6.72. The highest BCUT2D eigenvalue weighted by atomic mass is 15.2. The molecule has 2 aromatic heterocycles. The van der Waals surface area contributed by atoms with E-state index in [9.17, 15) is 0 Å². The van der Waals surface area contributed by atoms with E-state index in [0.717, 1.165) is 28.8 Å². The molecule has 0 fully saturated rings. The highest BCUT2D eigenvalue weighted by Crippen LogP contribution is 2.29. The van der Waals surface area contributed by atoms with Gasteiger partial charge in [-0.1, -0.05) is 18.2 Å². The van der Waals surface area contributed by atoms with Gasteiger partial charge in [-0.3, -0.25) is 5.10 Å². The summed E-state index contributed by atoms with van der Waals surface area (Å²) in [6.45, 7) is 7.04. The Balaban J connectivity index is 2.28. The van der Waals surface area contributed by atoms with Crippen LogP contribution in [0, 0.1) is 13.8 Å². The van der Waals surface area contributed by atoms with Crippen molar-refractivity contribution in [3.63, 3.8) is 0 Å². The number of aromatic nitrogens is 4. The SMILES string of the molecule is CCNc1nc(-c2cccc(C)c2C)c2cn[nH]c2n1. The maximum absolute atomic E-state index is 4.65. The van der Waals surface area contributed by atoms with Gasteiger partial charge >= 0.3 is 0 Å². The quantitative estimate of drug-likeness (QED) is 0.765. The fraction of sp³-hybridized carbons (Fsp3) is 0.267. The van der Waals surface area contributed by atoms with Crippen LogP contribution in [0.25, 0.3) is 22.3 Å². The molecular weight excluding hydrogens is 250 g/mol. The molecule has 0 bridgehead atoms. The number of H-pyrrole nitrogens is 1. The number of rotatable bonds is 3. The van der Waals surface area contributed by atoms with E-state index in [2.05, 4.69) is 57.5 Å². The number of aryl methyl sites for hydroxylation is 1. The van der Waals surface area contributed by atoms with E-state index in [-0.39, 0.29) is 0 Å². The van der Waals surface area contributed by atoms with E-state index in [1.807, 2.05) is 6.92 Å². The summed E-state index contributed by atoms with van der Waals surface area (Å²) in [4.78, 5) is 9.08. The zero-order valence-corrected chi connectivity index (χ0v) is 11.9. The zero-order valence-electron chi connectivity index (χ0n) is 11.9. The smallest absolute Gasteiger partial charge is 0.225 e. The number of nitrogens with zero attached hydrogens (tertiary/aromatic N) is 3. The molecule has 3 aromatic rings. The minimum absolute atomic E-state index is 0.625. The van der Waals surface area contributed by atoms with E-state index in [0.29, 0.717) is 5.95 Å². The molecule has 0 spiro atoms. The largest absolute Gasteiger partial charge is 0.354 e. The maximum Gasteiger partial charge on any atom is 0.225 e. The normalized spacial score (nSPS) is 10.9. The number of fused-ring (bicyclic) bond motifs is 1. The van der Waals surface area contributed by atoms with Crippen LogP contribution in [0.1, 0.15) is 18.1 Å². The van der Waals surface area contributed by atoms with Crippen LogP contribution in [0.4, 0.5) is 5.95 Å². The van der Waals surface area contributed by atoms with Gasteiger partial charge in [-0.15, -0.1) is 0 Å². The van der Waals surface area contributed by atoms with Gasteiger partial charge in [-0.25, -0.2) is 4.98 Å². The highest BCUT2D eigenvalue weighted by Gasteiger charge is 2.13. The number of hydrogen-bond donors (Lipinski definition) is 2. The highest BCUT2D eigenvalue weighted by molar-refractivity contribution is 5.91. The van der Waals surface area contributed by atoms with Crippen LogP contribution in [0.3, 0.4) is 0 Å². The van der Waals surface area contributed by atoms with Gasteiger partial charge in [0.25, 0.3) is 0 Å². The van der Waals surface area contributed by atoms with Crippen LogP contribution in [-0.2, 0) is 0 Å². The van der Waals surface area contributed by atoms with Crippen molar-refractivity contribution in [1.29, 1.82) is 0 Å². The molecule has 5 heteroatoms. The number of aromatic amines is 1. The summed E-state index contributed by atoms with van der Waals surface area (Å²) in [6, 6.07) is 6.25. The molecule has 1 aromatic carbocycles. The molecule has 0 saturated carbocycles. The Morgan fingerprint density at radius 1 is 1.20 bits per heavy atom. The van der Waals surface area contributed by atoms with Crippen molar-refractivity contribution in [2.45, 2.75) is 20.8 Å². The molecule has 20 heavy (non-hydrogen) atoms. The summed E-state index contributed by atoms with van der Waals surface area (Å²) in [5.74, 6) is 0.625. The number of benzene rings is 1. The van der Waals surface area contributed by atoms with Crippen molar-refractivity contribution in [2.24, 2.45) is 0 Å². The molecule has 5 nitrogen and oxygen atoms in total. The van der Waals surface area contributed by atoms with Gasteiger partial charge in [0.1, 0.15) is 0 Å². The molecule has 2 heterocycles. The molecule has 0 radical (unpaired) electrons. The topological polar surface area (TPSA) is 66.5 Å². The van der Waals surface area contributed by atoms with Crippen molar-refractivity contribution in [3.05, 3.63) is 35.5 Å². The second kappa shape index (κ2) is 4.92. The molecule has 0 aliphatic rings. The van der Waals surface area contributed by atoms with E-state index < -0.39 is 0 Å². The fourth-order valence-electron chi connectivity index (χ4n) is 2.28. The molecule has 0 amide bonds. The molecule has 0 aliphatic carbocycles. The number of anilines is 1. The van der Waals surface area contributed by atoms with Crippen LogP contribution in [0.2, 0.25) is 0 Å². The van der Waals surface area contributed by atoms with Crippen LogP contribution < -0.4 is 5.32 Å². The van der Waals surface area contributed by atoms with Crippen molar-refractivity contribution >= 4 is 17.0 Å². The lowest BCUT2D eigenvalue weighted by molar-refractivity contribution is 1.07. The average molecular weight is 267 g/mol. The zero-order chi connectivity index (χ0) is 14.1. The Kier molecular flexibility index (Phi) is 3.10. The standard InChI is InChI=1S/C15H17N5/c1-4-16-15-18-13(12-8-17-20-14(12)19-15)11-7-5-6-9(2)10(11)3/h5-8H,4H2,1-3H3,(H2,16,17,18,19,20). The van der Waals surface area contributed by atoms with Crippen LogP contribution in [0.5, 0.6) is 0 Å². The van der Waals surface area contributed by atoms with Gasteiger partial charge < -0.3 is 5.32 Å². The maximum atomic E-state index is 4.65. The lowest BCUT2D eigenvalue weighted by Crippen LogP contribution is -2.03. The summed E-state index contributed by atoms with van der Waals surface area (Å²) in [7, 11) is 0. The van der Waals surface area contributed by atoms with Gasteiger partial charge in [0, 0.05) is 12.1 Å². The summed E-state index contributed by atoms with van der Waals surface area (Å²) in [5.41, 5.74) is 5.28. The lowest BCUT2D eigenvalue weighted by Gasteiger charge is -2.10. The number of nitrogens with one attached hydrogen (secondary N) is 2. The summed E-state index contributed by atoms with van der Waals surface area (Å²) < 4.78 is 0. The second-order valence-corrected chi connectivity index (χ2v) is 4.81. The molecule has 2 N–H and O–H groups in total. The van der Waals surface area contributed by atoms with Crippen LogP contribution >= 0.6 is 0 Å². The van der Waals surface area contributed by atoms with E-state index in [1.165, 1.54) is 11.1 Å². The van der Waals surface area contributed by atoms with Crippen molar-refractivity contribution in [2.75, 3.05) is 11.9 Å². The Morgan fingerprint density at radius 3 is 2.85 bits per heavy atom. The number of hydrogen-bond acceptors (Lipinski definition) is 4. The molecule has 0 unspecified atom stereocenters. The van der Waals surface area contributed by atoms with E-state index >= 15 is 0 Å². The van der Waals surface area contributed by atoms with Crippen molar-refractivity contribution in [3.8, 4) is 11.3 Å². The predicted octanol–water partition coefficient (Wildman–Crippen LogP) is 3.07. The third-order valence-corrected chi connectivity index (χ3v) is 3.50. The minimum Gasteiger partial charge on any atom is -0.354 e. The monoisotopic (exact) mass is 267 g/mol. The Labute approximate surface area is 117 Å². The second-order valence-electron chi connectivity index (χ2n) is 4.81. The molecule has 0 saturated heterocycles. The van der Waals surface area contributed by atoms with Gasteiger partial charge in [0.05, 0.1) is 17.3 Å². The molecule has 102 valence electrons. The Hall–Kier alpha value is -2.43. The molecule has 0 aliphatic heterocycles. The fourth-order valence-corrected chi connectivity index (χ4v) is 2.28. The molecule has 0 atom stereocenters. The van der Waals surface area contributed by atoms with Crippen molar-refractivity contribution < 1.29 is 0 Å². The third kappa shape index (κ3) is 2.01. The first-order valence-electron chi connectivity index (χ1n) is 6.72. The van der Waals surface area contributed by atoms with Gasteiger partial charge in [0.2, 0.25) is 5.95 Å². The Bertz CT molecular complexity index is 760. The summed E-state index contributed by atoms with van der Waals surface area (Å²) in [5, 5.41) is 11.1. The molecule has 3 rings (SSSR count). The lowest BCUT2D eigenvalue weighted by atomic mass is 9.99. The Morgan fingerprint density at radius 2 is 2.05 bits per heavy atom.